The van der Waals surface area contributed by atoms with E-state index in [-0.39, 0.29) is 0 Å². The van der Waals surface area contributed by atoms with Gasteiger partial charge >= 0.3 is 0 Å². The molecule has 0 saturated heterocycles. The predicted octanol–water partition coefficient (Wildman–Crippen LogP) is 4.22. The van der Waals surface area contributed by atoms with Gasteiger partial charge < -0.3 is 5.11 Å². The number of rotatable bonds is 1. The second-order valence-corrected chi connectivity index (χ2v) is 6.04. The normalized spacial score (nSPS) is 21.2. The zero-order valence-corrected chi connectivity index (χ0v) is 11.9. The van der Waals surface area contributed by atoms with Gasteiger partial charge in [0.05, 0.1) is 5.60 Å². The molecule has 1 heteroatoms. The van der Waals surface area contributed by atoms with Crippen molar-refractivity contribution in [1.29, 1.82) is 0 Å². The van der Waals surface area contributed by atoms with Crippen molar-refractivity contribution in [2.45, 2.75) is 24.9 Å². The second-order valence-electron chi connectivity index (χ2n) is 6.04. The molecule has 0 aliphatic heterocycles. The van der Waals surface area contributed by atoms with Crippen LogP contribution in [0.2, 0.25) is 0 Å². The number of fused-ring (bicyclic) bond motifs is 2. The molecule has 0 radical (unpaired) electrons. The maximum absolute atomic E-state index is 11.1. The zero-order valence-electron chi connectivity index (χ0n) is 11.9. The molecule has 3 aromatic carbocycles. The van der Waals surface area contributed by atoms with Gasteiger partial charge in [0.15, 0.2) is 0 Å². The van der Waals surface area contributed by atoms with Crippen molar-refractivity contribution in [3.63, 3.8) is 0 Å². The van der Waals surface area contributed by atoms with Crippen LogP contribution < -0.4 is 0 Å². The standard InChI is InChI=1S/C20H18O/c21-20(12-11-16-6-2-4-8-18(16)14-20)19-10-9-15-5-1-3-7-17(15)13-19/h1-10,13,21H,11-12,14H2. The van der Waals surface area contributed by atoms with Crippen LogP contribution in [0.3, 0.4) is 0 Å². The molecule has 0 amide bonds. The van der Waals surface area contributed by atoms with Crippen molar-refractivity contribution >= 4 is 10.8 Å². The highest BCUT2D eigenvalue weighted by molar-refractivity contribution is 5.83. The largest absolute Gasteiger partial charge is 0.385 e. The molecule has 0 spiro atoms. The van der Waals surface area contributed by atoms with Gasteiger partial charge in [0, 0.05) is 6.42 Å². The minimum absolute atomic E-state index is 0.710. The Labute approximate surface area is 124 Å². The molecule has 1 aliphatic carbocycles. The van der Waals surface area contributed by atoms with Gasteiger partial charge in [-0.15, -0.1) is 0 Å². The monoisotopic (exact) mass is 274 g/mol. The number of hydrogen-bond donors (Lipinski definition) is 1. The fourth-order valence-electron chi connectivity index (χ4n) is 3.44. The molecule has 0 heterocycles. The molecular weight excluding hydrogens is 256 g/mol. The molecular formula is C20H18O. The average Bonchev–Trinajstić information content (AvgIpc) is 2.54. The number of aliphatic hydroxyl groups is 1. The first-order valence-corrected chi connectivity index (χ1v) is 7.53. The highest BCUT2D eigenvalue weighted by atomic mass is 16.3. The predicted molar refractivity (Wildman–Crippen MR) is 86.3 cm³/mol. The van der Waals surface area contributed by atoms with Crippen LogP contribution in [0.5, 0.6) is 0 Å². The van der Waals surface area contributed by atoms with E-state index in [9.17, 15) is 5.11 Å². The van der Waals surface area contributed by atoms with Crippen molar-refractivity contribution in [2.24, 2.45) is 0 Å². The van der Waals surface area contributed by atoms with Crippen molar-refractivity contribution in [3.05, 3.63) is 83.4 Å². The van der Waals surface area contributed by atoms with Crippen LogP contribution in [-0.2, 0) is 18.4 Å². The number of hydrogen-bond acceptors (Lipinski definition) is 1. The van der Waals surface area contributed by atoms with E-state index in [2.05, 4.69) is 54.6 Å². The van der Waals surface area contributed by atoms with E-state index >= 15 is 0 Å². The van der Waals surface area contributed by atoms with Gasteiger partial charge in [0.2, 0.25) is 0 Å². The average molecular weight is 274 g/mol. The smallest absolute Gasteiger partial charge is 0.0940 e. The lowest BCUT2D eigenvalue weighted by molar-refractivity contribution is 0.0224. The van der Waals surface area contributed by atoms with E-state index in [1.807, 2.05) is 12.1 Å². The van der Waals surface area contributed by atoms with E-state index in [4.69, 9.17) is 0 Å². The summed E-state index contributed by atoms with van der Waals surface area (Å²) in [6, 6.07) is 23.1. The second kappa shape index (κ2) is 4.71. The first-order chi connectivity index (χ1) is 10.2. The van der Waals surface area contributed by atoms with Crippen molar-refractivity contribution in [2.75, 3.05) is 0 Å². The van der Waals surface area contributed by atoms with Gasteiger partial charge in [-0.05, 0) is 46.4 Å². The summed E-state index contributed by atoms with van der Waals surface area (Å²) in [5.74, 6) is 0. The molecule has 0 fully saturated rings. The maximum atomic E-state index is 11.1. The quantitative estimate of drug-likeness (QED) is 0.704. The Morgan fingerprint density at radius 1 is 0.762 bits per heavy atom. The van der Waals surface area contributed by atoms with Crippen LogP contribution in [-0.4, -0.2) is 5.11 Å². The van der Waals surface area contributed by atoms with E-state index in [0.29, 0.717) is 6.42 Å². The lowest BCUT2D eigenvalue weighted by Crippen LogP contribution is -2.33. The summed E-state index contributed by atoms with van der Waals surface area (Å²) in [7, 11) is 0. The molecule has 104 valence electrons. The Hall–Kier alpha value is -2.12. The summed E-state index contributed by atoms with van der Waals surface area (Å²) < 4.78 is 0. The van der Waals surface area contributed by atoms with Gasteiger partial charge in [-0.25, -0.2) is 0 Å². The van der Waals surface area contributed by atoms with E-state index in [1.165, 1.54) is 21.9 Å². The van der Waals surface area contributed by atoms with Gasteiger partial charge in [-0.2, -0.15) is 0 Å². The third-order valence-corrected chi connectivity index (χ3v) is 4.70. The lowest BCUT2D eigenvalue weighted by atomic mass is 9.76. The van der Waals surface area contributed by atoms with Crippen LogP contribution in [0, 0.1) is 0 Å². The van der Waals surface area contributed by atoms with Gasteiger partial charge in [0.1, 0.15) is 0 Å². The molecule has 1 nitrogen and oxygen atoms in total. The summed E-state index contributed by atoms with van der Waals surface area (Å²) in [5, 5.41) is 13.6. The lowest BCUT2D eigenvalue weighted by Gasteiger charge is -2.34. The van der Waals surface area contributed by atoms with Crippen molar-refractivity contribution in [1.82, 2.24) is 0 Å². The zero-order chi connectivity index (χ0) is 14.3. The van der Waals surface area contributed by atoms with Gasteiger partial charge in [0.25, 0.3) is 0 Å². The Balaban J connectivity index is 1.77. The van der Waals surface area contributed by atoms with Crippen LogP contribution in [0.4, 0.5) is 0 Å². The van der Waals surface area contributed by atoms with Crippen molar-refractivity contribution in [3.8, 4) is 0 Å². The summed E-state index contributed by atoms with van der Waals surface area (Å²) in [6.07, 6.45) is 2.45. The topological polar surface area (TPSA) is 20.2 Å². The first-order valence-electron chi connectivity index (χ1n) is 7.53. The molecule has 1 unspecified atom stereocenters. The van der Waals surface area contributed by atoms with Crippen LogP contribution in [0.25, 0.3) is 10.8 Å². The molecule has 0 saturated carbocycles. The third kappa shape index (κ3) is 2.14. The maximum Gasteiger partial charge on any atom is 0.0940 e. The molecule has 21 heavy (non-hydrogen) atoms. The van der Waals surface area contributed by atoms with Gasteiger partial charge in [-0.3, -0.25) is 0 Å². The number of aryl methyl sites for hydroxylation is 1. The Kier molecular flexibility index (Phi) is 2.83. The summed E-state index contributed by atoms with van der Waals surface area (Å²) in [6.45, 7) is 0. The molecule has 0 bridgehead atoms. The highest BCUT2D eigenvalue weighted by Gasteiger charge is 2.33. The summed E-state index contributed by atoms with van der Waals surface area (Å²) in [5.41, 5.74) is 2.95. The SMILES string of the molecule is OC1(c2ccc3ccccc3c2)CCc2ccccc2C1. The Bertz CT molecular complexity index is 806. The van der Waals surface area contributed by atoms with E-state index in [1.54, 1.807) is 0 Å². The summed E-state index contributed by atoms with van der Waals surface area (Å²) in [4.78, 5) is 0. The van der Waals surface area contributed by atoms with Gasteiger partial charge in [-0.1, -0.05) is 60.7 Å². The van der Waals surface area contributed by atoms with Crippen molar-refractivity contribution < 1.29 is 5.11 Å². The van der Waals surface area contributed by atoms with E-state index in [0.717, 1.165) is 18.4 Å². The van der Waals surface area contributed by atoms with E-state index < -0.39 is 5.60 Å². The molecule has 0 aromatic heterocycles. The minimum Gasteiger partial charge on any atom is -0.385 e. The first kappa shape index (κ1) is 12.6. The highest BCUT2D eigenvalue weighted by Crippen LogP contribution is 2.37. The molecule has 4 rings (SSSR count). The van der Waals surface area contributed by atoms with Crippen LogP contribution >= 0.6 is 0 Å². The Morgan fingerprint density at radius 2 is 1.48 bits per heavy atom. The minimum atomic E-state index is -0.738. The van der Waals surface area contributed by atoms with Crippen LogP contribution in [0.1, 0.15) is 23.1 Å². The summed E-state index contributed by atoms with van der Waals surface area (Å²) >= 11 is 0. The third-order valence-electron chi connectivity index (χ3n) is 4.70. The Morgan fingerprint density at radius 3 is 2.33 bits per heavy atom. The molecule has 1 N–H and O–H groups in total. The number of benzene rings is 3. The molecule has 1 atom stereocenters. The van der Waals surface area contributed by atoms with Crippen LogP contribution in [0.15, 0.2) is 66.7 Å². The fourth-order valence-corrected chi connectivity index (χ4v) is 3.44. The molecule has 1 aliphatic rings. The molecule has 3 aromatic rings. The fraction of sp³-hybridized carbons (Fsp3) is 0.200.